The first kappa shape index (κ1) is 22.7. The standard InChI is InChI=1S/C25H36N2O5/c1-24(2,3)31-23(28)26-18-11-13-25(14-12-18)16-20(27-32-25)17-9-10-21(29-4)22(15-17)30-19-7-5-6-8-19/h9-10,15,18-19H,5-8,11-14,16H2,1-4H3,(H,26,28). The molecule has 2 fully saturated rings. The Morgan fingerprint density at radius 1 is 1.12 bits per heavy atom. The van der Waals surface area contributed by atoms with Crippen molar-refractivity contribution >= 4 is 11.8 Å². The molecule has 1 heterocycles. The number of methoxy groups -OCH3 is 1. The normalized spacial score (nSPS) is 25.9. The van der Waals surface area contributed by atoms with Crippen molar-refractivity contribution in [2.75, 3.05) is 7.11 Å². The monoisotopic (exact) mass is 444 g/mol. The number of hydrogen-bond donors (Lipinski definition) is 1. The number of rotatable bonds is 5. The van der Waals surface area contributed by atoms with Gasteiger partial charge in [0, 0.05) is 18.0 Å². The third-order valence-corrected chi connectivity index (χ3v) is 6.55. The lowest BCUT2D eigenvalue weighted by molar-refractivity contribution is -0.0505. The predicted octanol–water partition coefficient (Wildman–Crippen LogP) is 5.35. The molecular weight excluding hydrogens is 408 g/mol. The highest BCUT2D eigenvalue weighted by Gasteiger charge is 2.43. The second kappa shape index (κ2) is 9.20. The number of hydrogen-bond acceptors (Lipinski definition) is 6. The zero-order chi connectivity index (χ0) is 22.8. The highest BCUT2D eigenvalue weighted by Crippen LogP contribution is 2.41. The molecule has 2 saturated carbocycles. The molecule has 1 amide bonds. The van der Waals surface area contributed by atoms with Crippen LogP contribution in [0.4, 0.5) is 4.79 Å². The minimum absolute atomic E-state index is 0.107. The second-order valence-corrected chi connectivity index (χ2v) is 10.3. The van der Waals surface area contributed by atoms with Gasteiger partial charge < -0.3 is 24.4 Å². The number of nitrogens with zero attached hydrogens (tertiary/aromatic N) is 1. The molecule has 0 unspecified atom stereocenters. The maximum atomic E-state index is 12.1. The van der Waals surface area contributed by atoms with Crippen LogP contribution in [0.1, 0.15) is 84.1 Å². The maximum absolute atomic E-state index is 12.1. The van der Waals surface area contributed by atoms with Crippen molar-refractivity contribution in [3.8, 4) is 11.5 Å². The molecule has 1 aromatic rings. The van der Waals surface area contributed by atoms with Gasteiger partial charge in [-0.05, 0) is 90.3 Å². The molecule has 0 bridgehead atoms. The van der Waals surface area contributed by atoms with Gasteiger partial charge in [0.25, 0.3) is 0 Å². The molecule has 1 spiro atoms. The summed E-state index contributed by atoms with van der Waals surface area (Å²) in [6, 6.07) is 6.12. The van der Waals surface area contributed by atoms with Gasteiger partial charge in [-0.2, -0.15) is 0 Å². The van der Waals surface area contributed by atoms with Crippen LogP contribution in [0, 0.1) is 0 Å². The van der Waals surface area contributed by atoms with Gasteiger partial charge in [0.15, 0.2) is 11.5 Å². The van der Waals surface area contributed by atoms with E-state index in [0.717, 1.165) is 67.7 Å². The molecule has 0 aromatic heterocycles. The molecule has 1 N–H and O–H groups in total. The molecule has 176 valence electrons. The van der Waals surface area contributed by atoms with E-state index in [2.05, 4.69) is 10.5 Å². The summed E-state index contributed by atoms with van der Waals surface area (Å²) < 4.78 is 17.1. The minimum Gasteiger partial charge on any atom is -0.493 e. The van der Waals surface area contributed by atoms with E-state index in [9.17, 15) is 4.79 Å². The summed E-state index contributed by atoms with van der Waals surface area (Å²) in [6.45, 7) is 5.62. The number of alkyl carbamates (subject to hydrolysis) is 1. The maximum Gasteiger partial charge on any atom is 0.407 e. The van der Waals surface area contributed by atoms with Crippen LogP contribution < -0.4 is 14.8 Å². The average Bonchev–Trinajstić information content (AvgIpc) is 3.39. The molecule has 1 aromatic carbocycles. The summed E-state index contributed by atoms with van der Waals surface area (Å²) in [6.07, 6.45) is 8.71. The van der Waals surface area contributed by atoms with Gasteiger partial charge in [0.05, 0.1) is 18.9 Å². The molecule has 0 atom stereocenters. The van der Waals surface area contributed by atoms with Crippen LogP contribution in [0.2, 0.25) is 0 Å². The summed E-state index contributed by atoms with van der Waals surface area (Å²) in [5.74, 6) is 1.54. The second-order valence-electron chi connectivity index (χ2n) is 10.3. The lowest BCUT2D eigenvalue weighted by Crippen LogP contribution is -2.45. The van der Waals surface area contributed by atoms with E-state index in [1.165, 1.54) is 12.8 Å². The molecular formula is C25H36N2O5. The third kappa shape index (κ3) is 5.48. The first-order chi connectivity index (χ1) is 15.3. The molecule has 2 aliphatic carbocycles. The topological polar surface area (TPSA) is 78.4 Å². The Bertz CT molecular complexity index is 846. The van der Waals surface area contributed by atoms with Crippen molar-refractivity contribution in [1.29, 1.82) is 0 Å². The Morgan fingerprint density at radius 3 is 2.50 bits per heavy atom. The van der Waals surface area contributed by atoms with Crippen LogP contribution in [-0.4, -0.2) is 42.3 Å². The van der Waals surface area contributed by atoms with Gasteiger partial charge >= 0.3 is 6.09 Å². The van der Waals surface area contributed by atoms with Crippen LogP contribution in [-0.2, 0) is 9.57 Å². The minimum atomic E-state index is -0.490. The molecule has 1 aliphatic heterocycles. The van der Waals surface area contributed by atoms with E-state index in [1.54, 1.807) is 7.11 Å². The number of ether oxygens (including phenoxy) is 3. The largest absolute Gasteiger partial charge is 0.493 e. The van der Waals surface area contributed by atoms with Crippen molar-refractivity contribution in [2.24, 2.45) is 5.16 Å². The number of amides is 1. The van der Waals surface area contributed by atoms with Crippen molar-refractivity contribution in [3.63, 3.8) is 0 Å². The quantitative estimate of drug-likeness (QED) is 0.663. The molecule has 32 heavy (non-hydrogen) atoms. The Labute approximate surface area is 190 Å². The fourth-order valence-electron chi connectivity index (χ4n) is 4.84. The van der Waals surface area contributed by atoms with Crippen LogP contribution in [0.25, 0.3) is 0 Å². The molecule has 0 saturated heterocycles. The molecule has 3 aliphatic rings. The zero-order valence-electron chi connectivity index (χ0n) is 19.7. The van der Waals surface area contributed by atoms with Crippen molar-refractivity contribution in [1.82, 2.24) is 5.32 Å². The summed E-state index contributed by atoms with van der Waals surface area (Å²) in [7, 11) is 1.67. The fourth-order valence-corrected chi connectivity index (χ4v) is 4.84. The van der Waals surface area contributed by atoms with E-state index < -0.39 is 5.60 Å². The number of carbonyl (C=O) groups is 1. The third-order valence-electron chi connectivity index (χ3n) is 6.55. The van der Waals surface area contributed by atoms with E-state index in [-0.39, 0.29) is 23.8 Å². The van der Waals surface area contributed by atoms with Crippen LogP contribution in [0.3, 0.4) is 0 Å². The lowest BCUT2D eigenvalue weighted by Gasteiger charge is -2.35. The Hall–Kier alpha value is -2.44. The van der Waals surface area contributed by atoms with Crippen molar-refractivity contribution in [2.45, 2.75) is 102 Å². The van der Waals surface area contributed by atoms with E-state index in [0.29, 0.717) is 0 Å². The first-order valence-corrected chi connectivity index (χ1v) is 11.8. The number of benzene rings is 1. The summed E-state index contributed by atoms with van der Waals surface area (Å²) in [5.41, 5.74) is 1.19. The number of oxime groups is 1. The van der Waals surface area contributed by atoms with Gasteiger partial charge in [0.1, 0.15) is 11.2 Å². The van der Waals surface area contributed by atoms with Gasteiger partial charge in [-0.25, -0.2) is 4.79 Å². The van der Waals surface area contributed by atoms with Crippen molar-refractivity contribution in [3.05, 3.63) is 23.8 Å². The summed E-state index contributed by atoms with van der Waals surface area (Å²) >= 11 is 0. The lowest BCUT2D eigenvalue weighted by atomic mass is 9.78. The Balaban J connectivity index is 1.35. The molecule has 7 nitrogen and oxygen atoms in total. The Kier molecular flexibility index (Phi) is 6.54. The van der Waals surface area contributed by atoms with E-state index in [1.807, 2.05) is 39.0 Å². The molecule has 0 radical (unpaired) electrons. The number of nitrogens with one attached hydrogen (secondary N) is 1. The summed E-state index contributed by atoms with van der Waals surface area (Å²) in [5, 5.41) is 7.45. The summed E-state index contributed by atoms with van der Waals surface area (Å²) in [4.78, 5) is 18.1. The van der Waals surface area contributed by atoms with Crippen LogP contribution in [0.5, 0.6) is 11.5 Å². The van der Waals surface area contributed by atoms with Crippen molar-refractivity contribution < 1.29 is 23.8 Å². The van der Waals surface area contributed by atoms with E-state index in [4.69, 9.17) is 19.0 Å². The highest BCUT2D eigenvalue weighted by molar-refractivity contribution is 6.02. The van der Waals surface area contributed by atoms with Gasteiger partial charge in [-0.3, -0.25) is 0 Å². The smallest absolute Gasteiger partial charge is 0.407 e. The SMILES string of the molecule is COc1ccc(C2=NOC3(CCC(NC(=O)OC(C)(C)C)CC3)C2)cc1OC1CCCC1. The van der Waals surface area contributed by atoms with Crippen LogP contribution in [0.15, 0.2) is 23.4 Å². The fraction of sp³-hybridized carbons (Fsp3) is 0.680. The van der Waals surface area contributed by atoms with Gasteiger partial charge in [-0.15, -0.1) is 0 Å². The molecule has 7 heteroatoms. The first-order valence-electron chi connectivity index (χ1n) is 11.8. The van der Waals surface area contributed by atoms with Crippen LogP contribution >= 0.6 is 0 Å². The van der Waals surface area contributed by atoms with Gasteiger partial charge in [0.2, 0.25) is 0 Å². The zero-order valence-corrected chi connectivity index (χ0v) is 19.7. The average molecular weight is 445 g/mol. The van der Waals surface area contributed by atoms with E-state index >= 15 is 0 Å². The van der Waals surface area contributed by atoms with Gasteiger partial charge in [-0.1, -0.05) is 5.16 Å². The Morgan fingerprint density at radius 2 is 1.84 bits per heavy atom. The molecule has 4 rings (SSSR count). The highest BCUT2D eigenvalue weighted by atomic mass is 16.7. The number of carbonyl (C=O) groups excluding carboxylic acids is 1. The predicted molar refractivity (Wildman–Crippen MR) is 122 cm³/mol.